The number of fused-ring (bicyclic) bond motifs is 1. The molecule has 0 aliphatic carbocycles. The molecular weight excluding hydrogens is 507 g/mol. The highest BCUT2D eigenvalue weighted by Gasteiger charge is 2.15. The lowest BCUT2D eigenvalue weighted by atomic mass is 10.3. The Morgan fingerprint density at radius 2 is 1.97 bits per heavy atom. The van der Waals surface area contributed by atoms with E-state index >= 15 is 0 Å². The Balaban J connectivity index is 1.74. The number of hydrogen-bond acceptors (Lipinski definition) is 5. The van der Waals surface area contributed by atoms with Gasteiger partial charge < -0.3 is 9.30 Å². The fourth-order valence-corrected chi connectivity index (χ4v) is 5.92. The Morgan fingerprint density at radius 1 is 1.23 bits per heavy atom. The molecule has 1 heterocycles. The highest BCUT2D eigenvalue weighted by atomic mass is 79.9. The standard InChI is InChI=1S/C21H22BrFN2O4S2/c1-2-29-12-11-25-18-10-5-15(22)14-19(18)30-21(25)24-20(26)4-3-13-31(27,28)17-8-6-16(23)7-9-17/h5-10,14H,2-4,11-13H2,1H3. The van der Waals surface area contributed by atoms with Crippen molar-refractivity contribution >= 4 is 53.2 Å². The average molecular weight is 529 g/mol. The van der Waals surface area contributed by atoms with Crippen molar-refractivity contribution in [3.63, 3.8) is 0 Å². The van der Waals surface area contributed by atoms with Crippen molar-refractivity contribution in [2.75, 3.05) is 19.0 Å². The molecule has 1 aromatic heterocycles. The third kappa shape index (κ3) is 6.31. The summed E-state index contributed by atoms with van der Waals surface area (Å²) in [4.78, 5) is 17.3. The number of benzene rings is 2. The van der Waals surface area contributed by atoms with Crippen molar-refractivity contribution in [3.05, 3.63) is 57.6 Å². The number of halogens is 2. The van der Waals surface area contributed by atoms with Gasteiger partial charge in [-0.1, -0.05) is 27.3 Å². The molecule has 0 aliphatic rings. The van der Waals surface area contributed by atoms with Gasteiger partial charge in [0.15, 0.2) is 14.6 Å². The largest absolute Gasteiger partial charge is 0.380 e. The van der Waals surface area contributed by atoms with Crippen molar-refractivity contribution in [2.45, 2.75) is 31.2 Å². The predicted molar refractivity (Wildman–Crippen MR) is 122 cm³/mol. The summed E-state index contributed by atoms with van der Waals surface area (Å²) in [7, 11) is -3.58. The number of hydrogen-bond donors (Lipinski definition) is 0. The van der Waals surface area contributed by atoms with Crippen LogP contribution in [0.25, 0.3) is 10.2 Å². The third-order valence-corrected chi connectivity index (χ3v) is 7.86. The minimum Gasteiger partial charge on any atom is -0.380 e. The van der Waals surface area contributed by atoms with Crippen molar-refractivity contribution in [3.8, 4) is 0 Å². The van der Waals surface area contributed by atoms with Crippen LogP contribution in [-0.4, -0.2) is 37.9 Å². The van der Waals surface area contributed by atoms with Gasteiger partial charge in [0, 0.05) is 24.0 Å². The van der Waals surface area contributed by atoms with Crippen molar-refractivity contribution in [1.82, 2.24) is 4.57 Å². The number of ether oxygens (including phenoxy) is 1. The van der Waals surface area contributed by atoms with Gasteiger partial charge in [-0.25, -0.2) is 12.8 Å². The molecule has 0 saturated carbocycles. The van der Waals surface area contributed by atoms with Crippen molar-refractivity contribution in [2.24, 2.45) is 4.99 Å². The molecule has 10 heteroatoms. The number of nitrogens with zero attached hydrogens (tertiary/aromatic N) is 2. The molecule has 3 rings (SSSR count). The summed E-state index contributed by atoms with van der Waals surface area (Å²) in [6, 6.07) is 10.5. The number of rotatable bonds is 9. The molecule has 0 radical (unpaired) electrons. The SMILES string of the molecule is CCOCCn1c(=NC(=O)CCCS(=O)(=O)c2ccc(F)cc2)sc2cc(Br)ccc21. The minimum absolute atomic E-state index is 0.00379. The number of carbonyl (C=O) groups excluding carboxylic acids is 1. The molecular formula is C21H22BrFN2O4S2. The summed E-state index contributed by atoms with van der Waals surface area (Å²) in [6.07, 6.45) is 0.140. The van der Waals surface area contributed by atoms with Gasteiger partial charge in [0.1, 0.15) is 5.82 Å². The molecule has 0 bridgehead atoms. The van der Waals surface area contributed by atoms with E-state index in [1.807, 2.05) is 29.7 Å². The molecule has 0 unspecified atom stereocenters. The number of aromatic nitrogens is 1. The lowest BCUT2D eigenvalue weighted by molar-refractivity contribution is -0.118. The van der Waals surface area contributed by atoms with E-state index < -0.39 is 15.7 Å². The Bertz CT molecular complexity index is 1230. The average Bonchev–Trinajstić information content (AvgIpc) is 3.04. The molecule has 3 aromatic rings. The zero-order valence-electron chi connectivity index (χ0n) is 16.9. The van der Waals surface area contributed by atoms with Gasteiger partial charge >= 0.3 is 0 Å². The summed E-state index contributed by atoms with van der Waals surface area (Å²) >= 11 is 4.85. The normalized spacial score (nSPS) is 12.5. The van der Waals surface area contributed by atoms with Crippen LogP contribution in [-0.2, 0) is 25.9 Å². The predicted octanol–water partition coefficient (Wildman–Crippen LogP) is 4.32. The first kappa shape index (κ1) is 23.8. The summed E-state index contributed by atoms with van der Waals surface area (Å²) < 4.78 is 47.0. The van der Waals surface area contributed by atoms with Crippen LogP contribution in [0.3, 0.4) is 0 Å². The Kier molecular flexibility index (Phi) is 8.15. The van der Waals surface area contributed by atoms with E-state index in [0.29, 0.717) is 24.6 Å². The van der Waals surface area contributed by atoms with Crippen LogP contribution in [0.4, 0.5) is 4.39 Å². The third-order valence-electron chi connectivity index (χ3n) is 4.50. The van der Waals surface area contributed by atoms with Gasteiger partial charge in [-0.3, -0.25) is 4.79 Å². The number of amides is 1. The van der Waals surface area contributed by atoms with E-state index in [1.165, 1.54) is 23.5 Å². The topological polar surface area (TPSA) is 77.7 Å². The fraction of sp³-hybridized carbons (Fsp3) is 0.333. The molecule has 1 amide bonds. The second kappa shape index (κ2) is 10.6. The molecule has 0 saturated heterocycles. The van der Waals surface area contributed by atoms with Gasteiger partial charge in [-0.05, 0) is 55.8 Å². The second-order valence-corrected chi connectivity index (χ2v) is 10.8. The van der Waals surface area contributed by atoms with E-state index in [0.717, 1.165) is 26.8 Å². The first-order valence-electron chi connectivity index (χ1n) is 9.72. The van der Waals surface area contributed by atoms with Crippen LogP contribution in [0, 0.1) is 5.82 Å². The molecule has 166 valence electrons. The van der Waals surface area contributed by atoms with Crippen molar-refractivity contribution < 1.29 is 22.3 Å². The highest BCUT2D eigenvalue weighted by molar-refractivity contribution is 9.10. The van der Waals surface area contributed by atoms with Crippen LogP contribution < -0.4 is 4.80 Å². The Hall–Kier alpha value is -1.88. The number of carbonyl (C=O) groups is 1. The van der Waals surface area contributed by atoms with Gasteiger partial charge in [0.2, 0.25) is 5.91 Å². The zero-order valence-corrected chi connectivity index (χ0v) is 20.1. The molecule has 31 heavy (non-hydrogen) atoms. The smallest absolute Gasteiger partial charge is 0.248 e. The fourth-order valence-electron chi connectivity index (χ4n) is 2.98. The number of thiazole rings is 1. The van der Waals surface area contributed by atoms with E-state index in [4.69, 9.17) is 4.74 Å². The molecule has 0 spiro atoms. The highest BCUT2D eigenvalue weighted by Crippen LogP contribution is 2.22. The van der Waals surface area contributed by atoms with Gasteiger partial charge in [0.25, 0.3) is 0 Å². The van der Waals surface area contributed by atoms with E-state index in [9.17, 15) is 17.6 Å². The quantitative estimate of drug-likeness (QED) is 0.306. The lowest BCUT2D eigenvalue weighted by Gasteiger charge is -2.05. The van der Waals surface area contributed by atoms with Crippen LogP contribution in [0.15, 0.2) is 56.8 Å². The van der Waals surface area contributed by atoms with Crippen LogP contribution >= 0.6 is 27.3 Å². The van der Waals surface area contributed by atoms with Gasteiger partial charge in [-0.2, -0.15) is 4.99 Å². The van der Waals surface area contributed by atoms with Crippen molar-refractivity contribution in [1.29, 1.82) is 0 Å². The number of sulfone groups is 1. The minimum atomic E-state index is -3.58. The first-order chi connectivity index (χ1) is 14.8. The summed E-state index contributed by atoms with van der Waals surface area (Å²) in [6.45, 7) is 3.57. The molecule has 6 nitrogen and oxygen atoms in total. The molecule has 0 atom stereocenters. The summed E-state index contributed by atoms with van der Waals surface area (Å²) in [5.74, 6) is -1.09. The summed E-state index contributed by atoms with van der Waals surface area (Å²) in [5.41, 5.74) is 0.957. The lowest BCUT2D eigenvalue weighted by Crippen LogP contribution is -2.20. The zero-order chi connectivity index (χ0) is 22.4. The maximum atomic E-state index is 13.0. The molecule has 2 aromatic carbocycles. The van der Waals surface area contributed by atoms with E-state index in [1.54, 1.807) is 0 Å². The second-order valence-electron chi connectivity index (χ2n) is 6.73. The van der Waals surface area contributed by atoms with E-state index in [-0.39, 0.29) is 29.4 Å². The summed E-state index contributed by atoms with van der Waals surface area (Å²) in [5, 5.41) is 0. The Labute approximate surface area is 192 Å². The van der Waals surface area contributed by atoms with Gasteiger partial charge in [-0.15, -0.1) is 0 Å². The first-order valence-corrected chi connectivity index (χ1v) is 13.0. The van der Waals surface area contributed by atoms with Crippen LogP contribution in [0.1, 0.15) is 19.8 Å². The molecule has 0 aliphatic heterocycles. The van der Waals surface area contributed by atoms with Crippen LogP contribution in [0.5, 0.6) is 0 Å². The Morgan fingerprint density at radius 3 is 2.68 bits per heavy atom. The maximum Gasteiger partial charge on any atom is 0.248 e. The molecule has 0 fully saturated rings. The van der Waals surface area contributed by atoms with Gasteiger partial charge in [0.05, 0.1) is 27.5 Å². The monoisotopic (exact) mass is 528 g/mol. The van der Waals surface area contributed by atoms with Crippen LogP contribution in [0.2, 0.25) is 0 Å². The molecule has 0 N–H and O–H groups in total. The van der Waals surface area contributed by atoms with E-state index in [2.05, 4.69) is 20.9 Å². The maximum absolute atomic E-state index is 13.0.